The lowest BCUT2D eigenvalue weighted by atomic mass is 10.0. The molecule has 0 aromatic rings. The molecule has 0 heterocycles. The summed E-state index contributed by atoms with van der Waals surface area (Å²) in [7, 11) is 0. The fourth-order valence-electron chi connectivity index (χ4n) is 2.90. The van der Waals surface area contributed by atoms with E-state index >= 15 is 0 Å². The van der Waals surface area contributed by atoms with Gasteiger partial charge in [0, 0.05) is 0 Å². The second-order valence-electron chi connectivity index (χ2n) is 7.12. The Kier molecular flexibility index (Phi) is 16.7. The fraction of sp³-hybridized carbons (Fsp3) is 0.800. The zero-order valence-electron chi connectivity index (χ0n) is 16.3. The van der Waals surface area contributed by atoms with Gasteiger partial charge in [0.25, 0.3) is 0 Å². The number of halogens is 2. The summed E-state index contributed by atoms with van der Waals surface area (Å²) in [6, 6.07) is 0. The van der Waals surface area contributed by atoms with E-state index in [1.165, 1.54) is 25.7 Å². The summed E-state index contributed by atoms with van der Waals surface area (Å²) in [5.74, 6) is -2.67. The smallest absolute Gasteiger partial charge is 0.310 e. The van der Waals surface area contributed by atoms with Gasteiger partial charge >= 0.3 is 11.9 Å². The molecule has 0 aliphatic rings. The lowest BCUT2D eigenvalue weighted by Crippen LogP contribution is -2.17. The summed E-state index contributed by atoms with van der Waals surface area (Å²) in [4.78, 5) is 43.3. The van der Waals surface area contributed by atoms with Crippen molar-refractivity contribution in [3.05, 3.63) is 0 Å². The van der Waals surface area contributed by atoms with Crippen LogP contribution in [0.1, 0.15) is 89.9 Å². The number of carbonyl (C=O) groups excluding carboxylic acids is 2. The Labute approximate surface area is 184 Å². The molecule has 0 saturated heterocycles. The number of hydrogen-bond donors (Lipinski definition) is 2. The SMILES string of the molecule is O=C(O)CC(=O)C(Br)CCCCCCCCCCCCC(Br)C(=O)CC(=O)O. The first-order valence-electron chi connectivity index (χ1n) is 10.0. The van der Waals surface area contributed by atoms with Crippen molar-refractivity contribution in [2.75, 3.05) is 0 Å². The van der Waals surface area contributed by atoms with Gasteiger partial charge in [0.1, 0.15) is 12.8 Å². The van der Waals surface area contributed by atoms with Crippen molar-refractivity contribution in [2.24, 2.45) is 0 Å². The number of aliphatic carboxylic acids is 2. The highest BCUT2D eigenvalue weighted by Crippen LogP contribution is 2.17. The molecule has 0 spiro atoms. The van der Waals surface area contributed by atoms with Crippen LogP contribution in [0.4, 0.5) is 0 Å². The number of Topliss-reactive ketones (excluding diaryl/α,β-unsaturated/α-hetero) is 2. The Bertz CT molecular complexity index is 451. The third-order valence-corrected chi connectivity index (χ3v) is 6.45. The van der Waals surface area contributed by atoms with E-state index in [2.05, 4.69) is 31.9 Å². The minimum absolute atomic E-state index is 0.259. The molecule has 2 atom stereocenters. The van der Waals surface area contributed by atoms with Crippen molar-refractivity contribution in [1.82, 2.24) is 0 Å². The lowest BCUT2D eigenvalue weighted by Gasteiger charge is -2.08. The topological polar surface area (TPSA) is 109 Å². The first-order chi connectivity index (χ1) is 13.2. The molecule has 2 unspecified atom stereocenters. The van der Waals surface area contributed by atoms with E-state index in [1.807, 2.05) is 0 Å². The molecule has 0 saturated carbocycles. The van der Waals surface area contributed by atoms with Gasteiger partial charge in [0.2, 0.25) is 0 Å². The van der Waals surface area contributed by atoms with E-state index in [0.29, 0.717) is 12.8 Å². The third kappa shape index (κ3) is 16.2. The zero-order chi connectivity index (χ0) is 21.4. The van der Waals surface area contributed by atoms with E-state index in [1.54, 1.807) is 0 Å². The number of carbonyl (C=O) groups is 4. The Balaban J connectivity index is 3.42. The van der Waals surface area contributed by atoms with Gasteiger partial charge in [-0.3, -0.25) is 19.2 Å². The summed E-state index contributed by atoms with van der Waals surface area (Å²) in [6.45, 7) is 0. The minimum atomic E-state index is -1.08. The van der Waals surface area contributed by atoms with Crippen molar-refractivity contribution >= 4 is 55.4 Å². The molecule has 0 bridgehead atoms. The summed E-state index contributed by atoms with van der Waals surface area (Å²) < 4.78 is 0. The van der Waals surface area contributed by atoms with E-state index in [0.717, 1.165) is 38.5 Å². The van der Waals surface area contributed by atoms with Gasteiger partial charge in [0.05, 0.1) is 9.65 Å². The van der Waals surface area contributed by atoms with Gasteiger partial charge < -0.3 is 10.2 Å². The molecular formula is C20H32Br2O6. The number of ketones is 2. The molecule has 2 N–H and O–H groups in total. The second-order valence-corrected chi connectivity index (χ2v) is 9.33. The Morgan fingerprint density at radius 2 is 0.786 bits per heavy atom. The molecule has 0 amide bonds. The van der Waals surface area contributed by atoms with Gasteiger partial charge in [0.15, 0.2) is 11.6 Å². The van der Waals surface area contributed by atoms with Crippen molar-refractivity contribution in [3.63, 3.8) is 0 Å². The lowest BCUT2D eigenvalue weighted by molar-refractivity contribution is -0.141. The van der Waals surface area contributed by atoms with Crippen LogP contribution >= 0.6 is 31.9 Å². The molecule has 8 heteroatoms. The van der Waals surface area contributed by atoms with Crippen LogP contribution in [-0.2, 0) is 19.2 Å². The van der Waals surface area contributed by atoms with Crippen LogP contribution in [0.2, 0.25) is 0 Å². The average molecular weight is 528 g/mol. The van der Waals surface area contributed by atoms with Crippen molar-refractivity contribution in [2.45, 2.75) is 99.5 Å². The van der Waals surface area contributed by atoms with Crippen LogP contribution in [0.15, 0.2) is 0 Å². The quantitative estimate of drug-likeness (QED) is 0.134. The van der Waals surface area contributed by atoms with E-state index in [9.17, 15) is 19.2 Å². The van der Waals surface area contributed by atoms with Crippen molar-refractivity contribution in [3.8, 4) is 0 Å². The molecule has 28 heavy (non-hydrogen) atoms. The normalized spacial score (nSPS) is 13.1. The fourth-order valence-corrected chi connectivity index (χ4v) is 3.87. The first-order valence-corrected chi connectivity index (χ1v) is 11.8. The summed E-state index contributed by atoms with van der Waals surface area (Å²) in [5.41, 5.74) is 0. The molecule has 6 nitrogen and oxygen atoms in total. The number of hydrogen-bond acceptors (Lipinski definition) is 4. The monoisotopic (exact) mass is 526 g/mol. The Hall–Kier alpha value is -0.760. The van der Waals surface area contributed by atoms with Gasteiger partial charge in [-0.2, -0.15) is 0 Å². The van der Waals surface area contributed by atoms with Crippen LogP contribution in [0.25, 0.3) is 0 Å². The number of rotatable bonds is 19. The number of carboxylic acid groups (broad SMARTS) is 2. The molecule has 0 aliphatic carbocycles. The van der Waals surface area contributed by atoms with Crippen molar-refractivity contribution < 1.29 is 29.4 Å². The Morgan fingerprint density at radius 1 is 0.536 bits per heavy atom. The molecule has 0 aromatic heterocycles. The predicted molar refractivity (Wildman–Crippen MR) is 115 cm³/mol. The van der Waals surface area contributed by atoms with E-state index < -0.39 is 24.8 Å². The van der Waals surface area contributed by atoms with Crippen LogP contribution < -0.4 is 0 Å². The predicted octanol–water partition coefficient (Wildman–Crippen LogP) is 5.28. The van der Waals surface area contributed by atoms with Crippen LogP contribution in [0.3, 0.4) is 0 Å². The summed E-state index contributed by atoms with van der Waals surface area (Å²) >= 11 is 6.52. The summed E-state index contributed by atoms with van der Waals surface area (Å²) in [6.07, 6.45) is 11.5. The van der Waals surface area contributed by atoms with Gasteiger partial charge in [-0.1, -0.05) is 96.1 Å². The highest BCUT2D eigenvalue weighted by Gasteiger charge is 2.18. The van der Waals surface area contributed by atoms with Crippen LogP contribution in [0, 0.1) is 0 Å². The third-order valence-electron chi connectivity index (χ3n) is 4.51. The maximum Gasteiger partial charge on any atom is 0.310 e. The number of carboxylic acids is 2. The Morgan fingerprint density at radius 3 is 1.04 bits per heavy atom. The molecule has 162 valence electrons. The van der Waals surface area contributed by atoms with E-state index in [4.69, 9.17) is 10.2 Å². The minimum Gasteiger partial charge on any atom is -0.481 e. The molecule has 0 rings (SSSR count). The standard InChI is InChI=1S/C20H32Br2O6/c21-15(17(23)13-19(25)26)11-9-7-5-3-1-2-4-6-8-10-12-16(22)18(24)14-20(27)28/h15-16H,1-14H2,(H,25,26)(H,27,28). The highest BCUT2D eigenvalue weighted by atomic mass is 79.9. The first kappa shape index (κ1) is 27.2. The molecule has 0 aromatic carbocycles. The largest absolute Gasteiger partial charge is 0.481 e. The molecule has 0 aliphatic heterocycles. The van der Waals surface area contributed by atoms with Gasteiger partial charge in [-0.15, -0.1) is 0 Å². The van der Waals surface area contributed by atoms with Gasteiger partial charge in [-0.25, -0.2) is 0 Å². The second kappa shape index (κ2) is 17.1. The zero-order valence-corrected chi connectivity index (χ0v) is 19.5. The van der Waals surface area contributed by atoms with Crippen molar-refractivity contribution in [1.29, 1.82) is 0 Å². The molecule has 0 radical (unpaired) electrons. The maximum atomic E-state index is 11.5. The average Bonchev–Trinajstić information content (AvgIpc) is 2.60. The molecule has 0 fully saturated rings. The van der Waals surface area contributed by atoms with Gasteiger partial charge in [-0.05, 0) is 12.8 Å². The maximum absolute atomic E-state index is 11.5. The van der Waals surface area contributed by atoms with E-state index in [-0.39, 0.29) is 21.2 Å². The van der Waals surface area contributed by atoms with Crippen LogP contribution in [-0.4, -0.2) is 43.4 Å². The highest BCUT2D eigenvalue weighted by molar-refractivity contribution is 9.10. The van der Waals surface area contributed by atoms with Crippen LogP contribution in [0.5, 0.6) is 0 Å². The number of unbranched alkanes of at least 4 members (excludes halogenated alkanes) is 9. The number of alkyl halides is 2. The molecular weight excluding hydrogens is 496 g/mol. The summed E-state index contributed by atoms with van der Waals surface area (Å²) in [5, 5.41) is 17.2.